The highest BCUT2D eigenvalue weighted by Gasteiger charge is 2.30. The number of aromatic nitrogens is 1. The van der Waals surface area contributed by atoms with E-state index in [2.05, 4.69) is 10.3 Å². The molecule has 2 aromatic rings. The standard InChI is InChI=1S/C18H18ClN3O2/c19-14-8-9-16(20-11-14)21-17(23)12-22-10-4-7-15(18(22)24)13-5-2-1-3-6-13/h1-3,5-6,8-9,11,15H,4,7,10,12H2,(H,20,21,23). The molecule has 5 nitrogen and oxygen atoms in total. The van der Waals surface area contributed by atoms with Gasteiger partial charge < -0.3 is 10.2 Å². The monoisotopic (exact) mass is 343 g/mol. The van der Waals surface area contributed by atoms with Crippen molar-refractivity contribution in [2.45, 2.75) is 18.8 Å². The van der Waals surface area contributed by atoms with Crippen LogP contribution in [0.2, 0.25) is 5.02 Å². The minimum atomic E-state index is -0.258. The van der Waals surface area contributed by atoms with Crippen molar-refractivity contribution in [1.82, 2.24) is 9.88 Å². The van der Waals surface area contributed by atoms with Crippen LogP contribution in [0.5, 0.6) is 0 Å². The normalized spacial score (nSPS) is 17.6. The molecule has 2 heterocycles. The number of carbonyl (C=O) groups excluding carboxylic acids is 2. The molecule has 1 saturated heterocycles. The molecule has 1 N–H and O–H groups in total. The lowest BCUT2D eigenvalue weighted by Gasteiger charge is -2.32. The SMILES string of the molecule is O=C(CN1CCCC(c2ccccc2)C1=O)Nc1ccc(Cl)cn1. The van der Waals surface area contributed by atoms with Crippen LogP contribution in [0, 0.1) is 0 Å². The Kier molecular flexibility index (Phi) is 5.11. The zero-order valence-electron chi connectivity index (χ0n) is 13.1. The number of hydrogen-bond donors (Lipinski definition) is 1. The third kappa shape index (κ3) is 3.92. The number of anilines is 1. The Balaban J connectivity index is 1.63. The first-order chi connectivity index (χ1) is 11.6. The van der Waals surface area contributed by atoms with Crippen LogP contribution in [0.15, 0.2) is 48.7 Å². The van der Waals surface area contributed by atoms with E-state index in [1.807, 2.05) is 30.3 Å². The molecule has 1 fully saturated rings. The predicted molar refractivity (Wildman–Crippen MR) is 92.9 cm³/mol. The molecule has 1 aromatic heterocycles. The Labute approximate surface area is 145 Å². The molecule has 0 radical (unpaired) electrons. The van der Waals surface area contributed by atoms with Gasteiger partial charge in [-0.05, 0) is 30.5 Å². The average molecular weight is 344 g/mol. The highest BCUT2D eigenvalue weighted by molar-refractivity contribution is 6.30. The summed E-state index contributed by atoms with van der Waals surface area (Å²) in [5, 5.41) is 3.19. The summed E-state index contributed by atoms with van der Waals surface area (Å²) in [6.07, 6.45) is 3.17. The summed E-state index contributed by atoms with van der Waals surface area (Å²) in [5.74, 6) is 0.00780. The smallest absolute Gasteiger partial charge is 0.245 e. The molecule has 124 valence electrons. The molecule has 1 unspecified atom stereocenters. The second kappa shape index (κ2) is 7.45. The van der Waals surface area contributed by atoms with Crippen molar-refractivity contribution in [3.05, 3.63) is 59.2 Å². The fourth-order valence-corrected chi connectivity index (χ4v) is 3.01. The predicted octanol–water partition coefficient (Wildman–Crippen LogP) is 3.08. The first-order valence-electron chi connectivity index (χ1n) is 7.88. The summed E-state index contributed by atoms with van der Waals surface area (Å²) in [7, 11) is 0. The van der Waals surface area contributed by atoms with E-state index in [0.29, 0.717) is 17.4 Å². The Bertz CT molecular complexity index is 719. The lowest BCUT2D eigenvalue weighted by molar-refractivity contribution is -0.138. The Morgan fingerprint density at radius 3 is 2.75 bits per heavy atom. The maximum Gasteiger partial charge on any atom is 0.245 e. The van der Waals surface area contributed by atoms with Gasteiger partial charge in [0.1, 0.15) is 5.82 Å². The second-order valence-corrected chi connectivity index (χ2v) is 6.21. The number of halogens is 1. The number of nitrogens with one attached hydrogen (secondary N) is 1. The molecule has 1 atom stereocenters. The molecule has 1 aromatic carbocycles. The maximum absolute atomic E-state index is 12.7. The van der Waals surface area contributed by atoms with E-state index >= 15 is 0 Å². The number of benzene rings is 1. The van der Waals surface area contributed by atoms with E-state index in [-0.39, 0.29) is 24.3 Å². The Morgan fingerprint density at radius 2 is 2.04 bits per heavy atom. The van der Waals surface area contributed by atoms with Crippen molar-refractivity contribution >= 4 is 29.2 Å². The average Bonchev–Trinajstić information content (AvgIpc) is 2.59. The van der Waals surface area contributed by atoms with Gasteiger partial charge in [-0.2, -0.15) is 0 Å². The van der Waals surface area contributed by atoms with Crippen LogP contribution in [0.1, 0.15) is 24.3 Å². The number of rotatable bonds is 4. The van der Waals surface area contributed by atoms with Crippen LogP contribution >= 0.6 is 11.6 Å². The van der Waals surface area contributed by atoms with Crippen LogP contribution in [-0.4, -0.2) is 34.8 Å². The number of carbonyl (C=O) groups is 2. The number of nitrogens with zero attached hydrogens (tertiary/aromatic N) is 2. The molecule has 3 rings (SSSR count). The van der Waals surface area contributed by atoms with E-state index in [0.717, 1.165) is 18.4 Å². The third-order valence-corrected chi connectivity index (χ3v) is 4.29. The zero-order chi connectivity index (χ0) is 16.9. The largest absolute Gasteiger partial charge is 0.333 e. The lowest BCUT2D eigenvalue weighted by Crippen LogP contribution is -2.44. The molecule has 0 spiro atoms. The summed E-state index contributed by atoms with van der Waals surface area (Å²) in [4.78, 5) is 30.5. The molecule has 1 aliphatic rings. The lowest BCUT2D eigenvalue weighted by atomic mass is 9.90. The number of pyridine rings is 1. The quantitative estimate of drug-likeness (QED) is 0.928. The van der Waals surface area contributed by atoms with Gasteiger partial charge >= 0.3 is 0 Å². The molecule has 2 amide bonds. The van der Waals surface area contributed by atoms with Gasteiger partial charge in [0.2, 0.25) is 11.8 Å². The first-order valence-corrected chi connectivity index (χ1v) is 8.26. The van der Waals surface area contributed by atoms with E-state index in [1.165, 1.54) is 6.20 Å². The zero-order valence-corrected chi connectivity index (χ0v) is 13.9. The van der Waals surface area contributed by atoms with Crippen LogP contribution in [-0.2, 0) is 9.59 Å². The summed E-state index contributed by atoms with van der Waals surface area (Å²) in [6.45, 7) is 0.635. The van der Waals surface area contributed by atoms with E-state index in [1.54, 1.807) is 17.0 Å². The summed E-state index contributed by atoms with van der Waals surface area (Å²) in [6, 6.07) is 13.0. The van der Waals surface area contributed by atoms with Crippen molar-refractivity contribution < 1.29 is 9.59 Å². The van der Waals surface area contributed by atoms with Gasteiger partial charge in [0.25, 0.3) is 0 Å². The molecule has 0 saturated carbocycles. The third-order valence-electron chi connectivity index (χ3n) is 4.06. The first kappa shape index (κ1) is 16.5. The van der Waals surface area contributed by atoms with Crippen molar-refractivity contribution in [2.24, 2.45) is 0 Å². The maximum atomic E-state index is 12.7. The fraction of sp³-hybridized carbons (Fsp3) is 0.278. The molecule has 24 heavy (non-hydrogen) atoms. The molecule has 6 heteroatoms. The van der Waals surface area contributed by atoms with Crippen LogP contribution in [0.3, 0.4) is 0 Å². The van der Waals surface area contributed by atoms with E-state index < -0.39 is 0 Å². The van der Waals surface area contributed by atoms with Crippen LogP contribution in [0.4, 0.5) is 5.82 Å². The van der Waals surface area contributed by atoms with Gasteiger partial charge in [-0.1, -0.05) is 41.9 Å². The Morgan fingerprint density at radius 1 is 1.25 bits per heavy atom. The highest BCUT2D eigenvalue weighted by Crippen LogP contribution is 2.27. The van der Waals surface area contributed by atoms with Gasteiger partial charge in [0, 0.05) is 12.7 Å². The van der Waals surface area contributed by atoms with Crippen molar-refractivity contribution in [3.63, 3.8) is 0 Å². The van der Waals surface area contributed by atoms with Crippen LogP contribution < -0.4 is 5.32 Å². The fourth-order valence-electron chi connectivity index (χ4n) is 2.90. The highest BCUT2D eigenvalue weighted by atomic mass is 35.5. The van der Waals surface area contributed by atoms with Crippen LogP contribution in [0.25, 0.3) is 0 Å². The topological polar surface area (TPSA) is 62.3 Å². The number of likely N-dealkylation sites (tertiary alicyclic amines) is 1. The Hall–Kier alpha value is -2.40. The van der Waals surface area contributed by atoms with Gasteiger partial charge in [0.15, 0.2) is 0 Å². The summed E-state index contributed by atoms with van der Waals surface area (Å²) in [5.41, 5.74) is 1.01. The molecular formula is C18H18ClN3O2. The summed E-state index contributed by atoms with van der Waals surface area (Å²) >= 11 is 5.77. The van der Waals surface area contributed by atoms with E-state index in [4.69, 9.17) is 11.6 Å². The molecule has 0 bridgehead atoms. The number of hydrogen-bond acceptors (Lipinski definition) is 3. The van der Waals surface area contributed by atoms with Gasteiger partial charge in [-0.15, -0.1) is 0 Å². The van der Waals surface area contributed by atoms with Crippen molar-refractivity contribution in [1.29, 1.82) is 0 Å². The van der Waals surface area contributed by atoms with Crippen molar-refractivity contribution in [3.8, 4) is 0 Å². The van der Waals surface area contributed by atoms with E-state index in [9.17, 15) is 9.59 Å². The minimum absolute atomic E-state index is 0.00617. The molecule has 0 aliphatic carbocycles. The number of piperidine rings is 1. The molecular weight excluding hydrogens is 326 g/mol. The summed E-state index contributed by atoms with van der Waals surface area (Å²) < 4.78 is 0. The van der Waals surface area contributed by atoms with Gasteiger partial charge in [-0.25, -0.2) is 4.98 Å². The minimum Gasteiger partial charge on any atom is -0.333 e. The second-order valence-electron chi connectivity index (χ2n) is 5.78. The van der Waals surface area contributed by atoms with Gasteiger partial charge in [-0.3, -0.25) is 9.59 Å². The van der Waals surface area contributed by atoms with Gasteiger partial charge in [0.05, 0.1) is 17.5 Å². The molecule has 1 aliphatic heterocycles. The number of amides is 2. The van der Waals surface area contributed by atoms with Crippen molar-refractivity contribution in [2.75, 3.05) is 18.4 Å².